The smallest absolute Gasteiger partial charge is 0.226 e. The van der Waals surface area contributed by atoms with Crippen LogP contribution in [-0.2, 0) is 11.3 Å². The number of nitrogens with zero attached hydrogens (tertiary/aromatic N) is 2. The van der Waals surface area contributed by atoms with Crippen LogP contribution in [0.4, 0.5) is 0 Å². The molecule has 3 fully saturated rings. The summed E-state index contributed by atoms with van der Waals surface area (Å²) in [6, 6.07) is 3.96. The monoisotopic (exact) mass is 388 g/mol. The maximum Gasteiger partial charge on any atom is 0.226 e. The summed E-state index contributed by atoms with van der Waals surface area (Å²) in [4.78, 5) is 17.5. The molecule has 1 amide bonds. The van der Waals surface area contributed by atoms with E-state index in [0.717, 1.165) is 56.4 Å². The van der Waals surface area contributed by atoms with Gasteiger partial charge in [0.05, 0.1) is 21.3 Å². The molecule has 2 bridgehead atoms. The first-order valence-corrected chi connectivity index (χ1v) is 10.4. The van der Waals surface area contributed by atoms with Crippen LogP contribution in [0.3, 0.4) is 0 Å². The number of piperazine rings is 1. The highest BCUT2D eigenvalue weighted by Gasteiger charge is 2.44. The molecule has 2 aliphatic carbocycles. The Morgan fingerprint density at radius 1 is 0.964 bits per heavy atom. The second kappa shape index (κ2) is 8.19. The summed E-state index contributed by atoms with van der Waals surface area (Å²) in [6.07, 6.45) is 5.03. The van der Waals surface area contributed by atoms with E-state index < -0.39 is 0 Å². The van der Waals surface area contributed by atoms with Gasteiger partial charge < -0.3 is 19.1 Å². The van der Waals surface area contributed by atoms with Crippen molar-refractivity contribution in [3.8, 4) is 17.2 Å². The van der Waals surface area contributed by atoms with Crippen LogP contribution in [0, 0.1) is 17.8 Å². The number of methoxy groups -OCH3 is 3. The highest BCUT2D eigenvalue weighted by Crippen LogP contribution is 2.49. The Labute approximate surface area is 167 Å². The van der Waals surface area contributed by atoms with Gasteiger partial charge in [-0.05, 0) is 37.2 Å². The molecule has 0 spiro atoms. The Kier molecular flexibility index (Phi) is 5.67. The van der Waals surface area contributed by atoms with Crippen molar-refractivity contribution in [3.63, 3.8) is 0 Å². The van der Waals surface area contributed by atoms with Crippen LogP contribution in [0.15, 0.2) is 12.1 Å². The first-order valence-electron chi connectivity index (χ1n) is 10.4. The fraction of sp³-hybridized carbons (Fsp3) is 0.682. The molecule has 1 saturated heterocycles. The number of ether oxygens (including phenoxy) is 3. The molecule has 0 N–H and O–H groups in total. The number of amides is 1. The molecule has 1 aromatic carbocycles. The van der Waals surface area contributed by atoms with Crippen LogP contribution in [0.5, 0.6) is 17.2 Å². The van der Waals surface area contributed by atoms with E-state index in [2.05, 4.69) is 9.80 Å². The second-order valence-corrected chi connectivity index (χ2v) is 8.38. The van der Waals surface area contributed by atoms with Crippen molar-refractivity contribution >= 4 is 5.91 Å². The number of rotatable bonds is 6. The fourth-order valence-electron chi connectivity index (χ4n) is 5.44. The summed E-state index contributed by atoms with van der Waals surface area (Å²) in [5.74, 6) is 4.22. The minimum absolute atomic E-state index is 0.302. The van der Waals surface area contributed by atoms with Crippen LogP contribution < -0.4 is 14.2 Å². The van der Waals surface area contributed by atoms with Crippen LogP contribution in [0.2, 0.25) is 0 Å². The van der Waals surface area contributed by atoms with Gasteiger partial charge in [0.2, 0.25) is 11.7 Å². The van der Waals surface area contributed by atoms with Crippen molar-refractivity contribution in [1.29, 1.82) is 0 Å². The SMILES string of the molecule is COc1ccc(CN2CCN(C(=O)C3CC4CCC3C4)CC2)c(OC)c1OC. The molecule has 3 aliphatic rings. The van der Waals surface area contributed by atoms with Gasteiger partial charge in [0, 0.05) is 44.2 Å². The Balaban J connectivity index is 1.36. The average molecular weight is 389 g/mol. The van der Waals surface area contributed by atoms with Crippen LogP contribution in [0.25, 0.3) is 0 Å². The Bertz CT molecular complexity index is 715. The van der Waals surface area contributed by atoms with Crippen molar-refractivity contribution in [2.45, 2.75) is 32.2 Å². The average Bonchev–Trinajstić information content (AvgIpc) is 3.37. The van der Waals surface area contributed by atoms with Gasteiger partial charge in [-0.2, -0.15) is 0 Å². The summed E-state index contributed by atoms with van der Waals surface area (Å²) in [5, 5.41) is 0. The van der Waals surface area contributed by atoms with E-state index in [-0.39, 0.29) is 0 Å². The molecule has 154 valence electrons. The van der Waals surface area contributed by atoms with E-state index in [1.54, 1.807) is 21.3 Å². The normalized spacial score (nSPS) is 27.1. The van der Waals surface area contributed by atoms with E-state index in [4.69, 9.17) is 14.2 Å². The molecule has 6 heteroatoms. The van der Waals surface area contributed by atoms with E-state index in [9.17, 15) is 4.79 Å². The molecular weight excluding hydrogens is 356 g/mol. The minimum atomic E-state index is 0.302. The lowest BCUT2D eigenvalue weighted by Gasteiger charge is -2.37. The Morgan fingerprint density at radius 2 is 1.71 bits per heavy atom. The van der Waals surface area contributed by atoms with Crippen molar-refractivity contribution < 1.29 is 19.0 Å². The van der Waals surface area contributed by atoms with E-state index in [1.165, 1.54) is 19.3 Å². The molecule has 4 rings (SSSR count). The summed E-state index contributed by atoms with van der Waals surface area (Å²) in [5.41, 5.74) is 1.08. The summed E-state index contributed by atoms with van der Waals surface area (Å²) < 4.78 is 16.5. The van der Waals surface area contributed by atoms with Gasteiger partial charge in [0.25, 0.3) is 0 Å². The fourth-order valence-corrected chi connectivity index (χ4v) is 5.44. The molecule has 3 atom stereocenters. The topological polar surface area (TPSA) is 51.2 Å². The number of benzene rings is 1. The van der Waals surface area contributed by atoms with Gasteiger partial charge in [0.1, 0.15) is 0 Å². The quantitative estimate of drug-likeness (QED) is 0.750. The first kappa shape index (κ1) is 19.4. The third-order valence-electron chi connectivity index (χ3n) is 6.92. The highest BCUT2D eigenvalue weighted by molar-refractivity contribution is 5.79. The molecule has 1 aromatic rings. The molecular formula is C22H32N2O4. The van der Waals surface area contributed by atoms with Crippen molar-refractivity contribution in [2.75, 3.05) is 47.5 Å². The maximum atomic E-state index is 13.0. The highest BCUT2D eigenvalue weighted by atomic mass is 16.5. The van der Waals surface area contributed by atoms with Gasteiger partial charge in [-0.1, -0.05) is 12.5 Å². The summed E-state index contributed by atoms with van der Waals surface area (Å²) in [7, 11) is 4.92. The second-order valence-electron chi connectivity index (χ2n) is 8.38. The van der Waals surface area contributed by atoms with E-state index in [0.29, 0.717) is 29.2 Å². The van der Waals surface area contributed by atoms with E-state index in [1.807, 2.05) is 12.1 Å². The number of fused-ring (bicyclic) bond motifs is 2. The molecule has 1 aliphatic heterocycles. The predicted molar refractivity (Wildman–Crippen MR) is 107 cm³/mol. The molecule has 28 heavy (non-hydrogen) atoms. The molecule has 1 heterocycles. The zero-order valence-corrected chi connectivity index (χ0v) is 17.3. The number of carbonyl (C=O) groups excluding carboxylic acids is 1. The lowest BCUT2D eigenvalue weighted by atomic mass is 9.87. The van der Waals surface area contributed by atoms with Gasteiger partial charge in [0.15, 0.2) is 11.5 Å². The lowest BCUT2D eigenvalue weighted by Crippen LogP contribution is -2.50. The van der Waals surface area contributed by atoms with Gasteiger partial charge in [-0.3, -0.25) is 9.69 Å². The molecule has 3 unspecified atom stereocenters. The third kappa shape index (κ3) is 3.54. The van der Waals surface area contributed by atoms with E-state index >= 15 is 0 Å². The summed E-state index contributed by atoms with van der Waals surface area (Å²) in [6.45, 7) is 4.21. The van der Waals surface area contributed by atoms with Gasteiger partial charge in [-0.15, -0.1) is 0 Å². The van der Waals surface area contributed by atoms with Crippen LogP contribution >= 0.6 is 0 Å². The summed E-state index contributed by atoms with van der Waals surface area (Å²) >= 11 is 0. The van der Waals surface area contributed by atoms with Crippen molar-refractivity contribution in [2.24, 2.45) is 17.8 Å². The Morgan fingerprint density at radius 3 is 2.29 bits per heavy atom. The zero-order chi connectivity index (χ0) is 19.7. The Hall–Kier alpha value is -1.95. The lowest BCUT2D eigenvalue weighted by molar-refractivity contribution is -0.139. The largest absolute Gasteiger partial charge is 0.493 e. The molecule has 2 saturated carbocycles. The standard InChI is InChI=1S/C22H32N2O4/c1-26-19-7-6-17(20(27-2)21(19)28-3)14-23-8-10-24(11-9-23)22(25)18-13-15-4-5-16(18)12-15/h6-7,15-16,18H,4-5,8-14H2,1-3H3. The number of hydrogen-bond donors (Lipinski definition) is 0. The third-order valence-corrected chi connectivity index (χ3v) is 6.92. The van der Waals surface area contributed by atoms with Crippen LogP contribution in [0.1, 0.15) is 31.2 Å². The molecule has 0 radical (unpaired) electrons. The van der Waals surface area contributed by atoms with Crippen molar-refractivity contribution in [1.82, 2.24) is 9.80 Å². The number of carbonyl (C=O) groups is 1. The van der Waals surface area contributed by atoms with Gasteiger partial charge in [-0.25, -0.2) is 0 Å². The molecule has 0 aromatic heterocycles. The van der Waals surface area contributed by atoms with Gasteiger partial charge >= 0.3 is 0 Å². The first-order chi connectivity index (χ1) is 13.6. The molecule has 6 nitrogen and oxygen atoms in total. The maximum absolute atomic E-state index is 13.0. The van der Waals surface area contributed by atoms with Crippen LogP contribution in [-0.4, -0.2) is 63.2 Å². The zero-order valence-electron chi connectivity index (χ0n) is 17.3. The minimum Gasteiger partial charge on any atom is -0.493 e. The number of hydrogen-bond acceptors (Lipinski definition) is 5. The van der Waals surface area contributed by atoms with Crippen molar-refractivity contribution in [3.05, 3.63) is 17.7 Å². The predicted octanol–water partition coefficient (Wildman–Crippen LogP) is 2.79.